The summed E-state index contributed by atoms with van der Waals surface area (Å²) >= 11 is 6.07. The predicted octanol–water partition coefficient (Wildman–Crippen LogP) is 3.49. The molecular weight excluding hydrogens is 294 g/mol. The van der Waals surface area contributed by atoms with Gasteiger partial charge in [0.2, 0.25) is 0 Å². The summed E-state index contributed by atoms with van der Waals surface area (Å²) in [6.07, 6.45) is 1.30. The number of nitrogens with one attached hydrogen (secondary N) is 1. The zero-order valence-electron chi connectivity index (χ0n) is 11.5. The van der Waals surface area contributed by atoms with Gasteiger partial charge in [-0.05, 0) is 18.6 Å². The standard InChI is InChI=1S/C14H14ClN3O3/c1-9(15)11-5-3-4-6-12(11)16-14(19)13-7-10(18(20)21)8-17(13)2/h3-9H,1-2H3,(H,16,19). The first-order valence-electron chi connectivity index (χ1n) is 6.25. The highest BCUT2D eigenvalue weighted by atomic mass is 35.5. The van der Waals surface area contributed by atoms with Crippen molar-refractivity contribution in [2.45, 2.75) is 12.3 Å². The van der Waals surface area contributed by atoms with E-state index in [0.29, 0.717) is 5.69 Å². The molecule has 110 valence electrons. The van der Waals surface area contributed by atoms with Crippen LogP contribution in [0.3, 0.4) is 0 Å². The molecule has 1 N–H and O–H groups in total. The van der Waals surface area contributed by atoms with Crippen molar-refractivity contribution in [1.29, 1.82) is 0 Å². The molecule has 0 saturated carbocycles. The number of alkyl halides is 1. The molecule has 1 aromatic carbocycles. The zero-order chi connectivity index (χ0) is 15.6. The number of para-hydroxylation sites is 1. The molecule has 1 unspecified atom stereocenters. The lowest BCUT2D eigenvalue weighted by atomic mass is 10.1. The van der Waals surface area contributed by atoms with E-state index in [9.17, 15) is 14.9 Å². The predicted molar refractivity (Wildman–Crippen MR) is 80.7 cm³/mol. The van der Waals surface area contributed by atoms with E-state index in [1.807, 2.05) is 12.1 Å². The number of aromatic nitrogens is 1. The van der Waals surface area contributed by atoms with Gasteiger partial charge in [0.25, 0.3) is 11.6 Å². The van der Waals surface area contributed by atoms with Crippen LogP contribution in [0.1, 0.15) is 28.4 Å². The zero-order valence-corrected chi connectivity index (χ0v) is 12.3. The molecule has 0 aliphatic carbocycles. The second-order valence-corrected chi connectivity index (χ2v) is 5.26. The minimum absolute atomic E-state index is 0.123. The van der Waals surface area contributed by atoms with E-state index in [1.54, 1.807) is 26.1 Å². The summed E-state index contributed by atoms with van der Waals surface area (Å²) in [5.41, 5.74) is 1.46. The second-order valence-electron chi connectivity index (χ2n) is 4.61. The van der Waals surface area contributed by atoms with Gasteiger partial charge in [-0.15, -0.1) is 11.6 Å². The lowest BCUT2D eigenvalue weighted by molar-refractivity contribution is -0.384. The number of benzene rings is 1. The molecule has 1 atom stereocenters. The third kappa shape index (κ3) is 3.22. The van der Waals surface area contributed by atoms with Crippen LogP contribution >= 0.6 is 11.6 Å². The van der Waals surface area contributed by atoms with Crippen molar-refractivity contribution in [2.24, 2.45) is 7.05 Å². The van der Waals surface area contributed by atoms with Crippen LogP contribution < -0.4 is 5.32 Å². The Morgan fingerprint density at radius 3 is 2.67 bits per heavy atom. The van der Waals surface area contributed by atoms with Gasteiger partial charge in [0.05, 0.1) is 16.5 Å². The van der Waals surface area contributed by atoms with Crippen molar-refractivity contribution in [3.05, 3.63) is 57.9 Å². The van der Waals surface area contributed by atoms with E-state index in [-0.39, 0.29) is 16.8 Å². The molecule has 0 aliphatic heterocycles. The maximum absolute atomic E-state index is 12.2. The Balaban J connectivity index is 2.28. The van der Waals surface area contributed by atoms with Gasteiger partial charge in [-0.2, -0.15) is 0 Å². The van der Waals surface area contributed by atoms with Crippen molar-refractivity contribution in [2.75, 3.05) is 5.32 Å². The molecule has 21 heavy (non-hydrogen) atoms. The molecule has 7 heteroatoms. The molecule has 2 aromatic rings. The second kappa shape index (κ2) is 5.97. The molecule has 0 radical (unpaired) electrons. The van der Waals surface area contributed by atoms with Crippen LogP contribution in [0.4, 0.5) is 11.4 Å². The number of aryl methyl sites for hydroxylation is 1. The highest BCUT2D eigenvalue weighted by Gasteiger charge is 2.18. The van der Waals surface area contributed by atoms with Crippen LogP contribution in [-0.4, -0.2) is 15.4 Å². The summed E-state index contributed by atoms with van der Waals surface area (Å²) in [4.78, 5) is 22.4. The van der Waals surface area contributed by atoms with Crippen LogP contribution in [0.2, 0.25) is 0 Å². The van der Waals surface area contributed by atoms with E-state index in [1.165, 1.54) is 16.8 Å². The number of carbonyl (C=O) groups is 1. The summed E-state index contributed by atoms with van der Waals surface area (Å²) in [7, 11) is 1.58. The fourth-order valence-electron chi connectivity index (χ4n) is 2.02. The SMILES string of the molecule is CC(Cl)c1ccccc1NC(=O)c1cc([N+](=O)[O-])cn1C. The summed E-state index contributed by atoms with van der Waals surface area (Å²) in [5.74, 6) is -0.421. The van der Waals surface area contributed by atoms with Crippen LogP contribution in [0.15, 0.2) is 36.5 Å². The van der Waals surface area contributed by atoms with Gasteiger partial charge in [0.1, 0.15) is 5.69 Å². The number of anilines is 1. The summed E-state index contributed by atoms with van der Waals surface area (Å²) < 4.78 is 1.42. The van der Waals surface area contributed by atoms with Gasteiger partial charge in [-0.1, -0.05) is 18.2 Å². The minimum atomic E-state index is -0.536. The van der Waals surface area contributed by atoms with Gasteiger partial charge in [0, 0.05) is 18.8 Å². The maximum atomic E-state index is 12.2. The van der Waals surface area contributed by atoms with Gasteiger partial charge < -0.3 is 9.88 Å². The number of nitro groups is 1. The van der Waals surface area contributed by atoms with Crippen LogP contribution in [0.25, 0.3) is 0 Å². The third-order valence-electron chi connectivity index (χ3n) is 3.07. The maximum Gasteiger partial charge on any atom is 0.287 e. The molecular formula is C14H14ClN3O3. The molecule has 0 spiro atoms. The Kier molecular flexibility index (Phi) is 4.28. The smallest absolute Gasteiger partial charge is 0.287 e. The first-order valence-corrected chi connectivity index (χ1v) is 6.69. The van der Waals surface area contributed by atoms with Crippen molar-refractivity contribution >= 4 is 28.9 Å². The van der Waals surface area contributed by atoms with Crippen LogP contribution in [0, 0.1) is 10.1 Å². The van der Waals surface area contributed by atoms with E-state index in [4.69, 9.17) is 11.6 Å². The number of rotatable bonds is 4. The lowest BCUT2D eigenvalue weighted by Crippen LogP contribution is -2.16. The van der Waals surface area contributed by atoms with Gasteiger partial charge in [-0.25, -0.2) is 0 Å². The fraction of sp³-hybridized carbons (Fsp3) is 0.214. The highest BCUT2D eigenvalue weighted by molar-refractivity contribution is 6.21. The van der Waals surface area contributed by atoms with Crippen molar-refractivity contribution in [3.8, 4) is 0 Å². The summed E-state index contributed by atoms with van der Waals surface area (Å²) in [5, 5.41) is 13.2. The number of halogens is 1. The molecule has 2 rings (SSSR count). The van der Waals surface area contributed by atoms with E-state index >= 15 is 0 Å². The molecule has 1 aromatic heterocycles. The van der Waals surface area contributed by atoms with Crippen molar-refractivity contribution < 1.29 is 9.72 Å². The fourth-order valence-corrected chi connectivity index (χ4v) is 2.21. The normalized spacial score (nSPS) is 12.0. The minimum Gasteiger partial charge on any atom is -0.340 e. The van der Waals surface area contributed by atoms with Crippen molar-refractivity contribution in [1.82, 2.24) is 4.57 Å². The topological polar surface area (TPSA) is 77.2 Å². The van der Waals surface area contributed by atoms with Crippen LogP contribution in [-0.2, 0) is 7.05 Å². The van der Waals surface area contributed by atoms with E-state index in [0.717, 1.165) is 5.56 Å². The largest absolute Gasteiger partial charge is 0.340 e. The molecule has 1 amide bonds. The molecule has 6 nitrogen and oxygen atoms in total. The molecule has 0 aliphatic rings. The summed E-state index contributed by atoms with van der Waals surface area (Å²) in [6.45, 7) is 1.81. The molecule has 0 saturated heterocycles. The van der Waals surface area contributed by atoms with Crippen LogP contribution in [0.5, 0.6) is 0 Å². The average molecular weight is 308 g/mol. The number of hydrogen-bond donors (Lipinski definition) is 1. The van der Waals surface area contributed by atoms with Gasteiger partial charge in [0.15, 0.2) is 0 Å². The Hall–Kier alpha value is -2.34. The number of carbonyl (C=O) groups excluding carboxylic acids is 1. The van der Waals surface area contributed by atoms with Gasteiger partial charge in [-0.3, -0.25) is 14.9 Å². The van der Waals surface area contributed by atoms with Gasteiger partial charge >= 0.3 is 0 Å². The van der Waals surface area contributed by atoms with Crippen molar-refractivity contribution in [3.63, 3.8) is 0 Å². The lowest BCUT2D eigenvalue weighted by Gasteiger charge is -2.12. The molecule has 0 fully saturated rings. The van der Waals surface area contributed by atoms with E-state index in [2.05, 4.69) is 5.32 Å². The monoisotopic (exact) mass is 307 g/mol. The summed E-state index contributed by atoms with van der Waals surface area (Å²) in [6, 6.07) is 8.41. The number of nitrogens with zero attached hydrogens (tertiary/aromatic N) is 2. The molecule has 1 heterocycles. The first-order chi connectivity index (χ1) is 9.90. The Bertz CT molecular complexity index is 695. The average Bonchev–Trinajstić information content (AvgIpc) is 2.81. The quantitative estimate of drug-likeness (QED) is 0.533. The highest BCUT2D eigenvalue weighted by Crippen LogP contribution is 2.27. The third-order valence-corrected chi connectivity index (χ3v) is 3.31. The molecule has 0 bridgehead atoms. The number of amides is 1. The first kappa shape index (κ1) is 15.1. The Morgan fingerprint density at radius 2 is 2.10 bits per heavy atom. The Labute approximate surface area is 126 Å². The number of hydrogen-bond acceptors (Lipinski definition) is 3. The Morgan fingerprint density at radius 1 is 1.43 bits per heavy atom. The van der Waals surface area contributed by atoms with E-state index < -0.39 is 10.8 Å².